The lowest BCUT2D eigenvalue weighted by molar-refractivity contribution is 0.104. The largest absolute Gasteiger partial charge is 0.486 e. The molecule has 1 aromatic carbocycles. The van der Waals surface area contributed by atoms with E-state index in [2.05, 4.69) is 0 Å². The lowest BCUT2D eigenvalue weighted by atomic mass is 10.1. The number of aryl methyl sites for hydroxylation is 3. The van der Waals surface area contributed by atoms with E-state index in [1.54, 1.807) is 23.5 Å². The first kappa shape index (κ1) is 18.5. The Bertz CT molecular complexity index is 966. The minimum Gasteiger partial charge on any atom is -0.486 e. The second-order valence-corrected chi connectivity index (χ2v) is 7.90. The van der Waals surface area contributed by atoms with E-state index in [0.29, 0.717) is 23.2 Å². The number of thiophene rings is 1. The third kappa shape index (κ3) is 4.45. The van der Waals surface area contributed by atoms with Gasteiger partial charge in [-0.05, 0) is 74.9 Å². The van der Waals surface area contributed by atoms with Crippen LogP contribution in [0.4, 0.5) is 0 Å². The van der Waals surface area contributed by atoms with Gasteiger partial charge in [0.2, 0.25) is 0 Å². The Hall–Kier alpha value is -2.30. The summed E-state index contributed by atoms with van der Waals surface area (Å²) in [4.78, 5) is 14.4. The van der Waals surface area contributed by atoms with Gasteiger partial charge in [-0.3, -0.25) is 4.79 Å². The summed E-state index contributed by atoms with van der Waals surface area (Å²) in [6.45, 7) is 6.20. The first-order chi connectivity index (χ1) is 12.4. The zero-order valence-electron chi connectivity index (χ0n) is 14.8. The van der Waals surface area contributed by atoms with Crippen molar-refractivity contribution in [1.82, 2.24) is 0 Å². The summed E-state index contributed by atoms with van der Waals surface area (Å²) in [5.41, 5.74) is 1.71. The van der Waals surface area contributed by atoms with Gasteiger partial charge in [0.05, 0.1) is 0 Å². The van der Waals surface area contributed by atoms with Crippen LogP contribution >= 0.6 is 22.9 Å². The van der Waals surface area contributed by atoms with Gasteiger partial charge in [-0.2, -0.15) is 0 Å². The molecule has 0 bridgehead atoms. The molecule has 0 aliphatic rings. The van der Waals surface area contributed by atoms with E-state index >= 15 is 0 Å². The van der Waals surface area contributed by atoms with Gasteiger partial charge in [0, 0.05) is 20.3 Å². The number of carbonyl (C=O) groups excluding carboxylic acids is 1. The van der Waals surface area contributed by atoms with Crippen LogP contribution in [-0.2, 0) is 6.61 Å². The summed E-state index contributed by atoms with van der Waals surface area (Å²) in [7, 11) is 0. The fourth-order valence-corrected chi connectivity index (χ4v) is 3.59. The Labute approximate surface area is 161 Å². The molecule has 26 heavy (non-hydrogen) atoms. The first-order valence-electron chi connectivity index (χ1n) is 8.19. The van der Waals surface area contributed by atoms with Crippen molar-refractivity contribution < 1.29 is 13.9 Å². The molecule has 0 spiro atoms. The van der Waals surface area contributed by atoms with Gasteiger partial charge >= 0.3 is 0 Å². The fourth-order valence-electron chi connectivity index (χ4n) is 2.55. The van der Waals surface area contributed by atoms with Crippen LogP contribution in [0.25, 0.3) is 6.08 Å². The molecule has 0 amide bonds. The predicted octanol–water partition coefficient (Wildman–Crippen LogP) is 6.39. The molecule has 0 saturated heterocycles. The second-order valence-electron chi connectivity index (χ2n) is 6.03. The molecule has 3 rings (SSSR count). The van der Waals surface area contributed by atoms with E-state index in [4.69, 9.17) is 20.8 Å². The zero-order chi connectivity index (χ0) is 18.7. The second kappa shape index (κ2) is 7.94. The molecule has 0 radical (unpaired) electrons. The number of ether oxygens (including phenoxy) is 1. The lowest BCUT2D eigenvalue weighted by Gasteiger charge is -2.05. The van der Waals surface area contributed by atoms with Crippen molar-refractivity contribution in [2.75, 3.05) is 0 Å². The van der Waals surface area contributed by atoms with Crippen LogP contribution in [0.15, 0.2) is 46.9 Å². The Morgan fingerprint density at radius 3 is 2.69 bits per heavy atom. The molecule has 0 atom stereocenters. The Morgan fingerprint density at radius 1 is 1.19 bits per heavy atom. The Kier molecular flexibility index (Phi) is 5.64. The maximum absolute atomic E-state index is 12.3. The average Bonchev–Trinajstić information content (AvgIpc) is 3.19. The number of hydrogen-bond donors (Lipinski definition) is 0. The molecule has 3 aromatic rings. The summed E-state index contributed by atoms with van der Waals surface area (Å²) in [5, 5.41) is 0.712. The molecule has 0 aliphatic carbocycles. The molecule has 5 heteroatoms. The predicted molar refractivity (Wildman–Crippen MR) is 106 cm³/mol. The number of ketones is 1. The zero-order valence-corrected chi connectivity index (χ0v) is 16.4. The molecule has 0 N–H and O–H groups in total. The minimum atomic E-state index is -0.0160. The van der Waals surface area contributed by atoms with Crippen LogP contribution < -0.4 is 4.74 Å². The standard InChI is InChI=1S/C21H19ClO3S/c1-13-10-17(6-8-20(13)22)24-12-18-5-4-16(25-18)7-9-21(23)19-11-14(2)26-15(19)3/h4-11H,12H2,1-3H3/b9-7+. The summed E-state index contributed by atoms with van der Waals surface area (Å²) >= 11 is 7.63. The van der Waals surface area contributed by atoms with E-state index < -0.39 is 0 Å². The van der Waals surface area contributed by atoms with E-state index in [1.165, 1.54) is 0 Å². The van der Waals surface area contributed by atoms with E-state index in [-0.39, 0.29) is 5.78 Å². The molecule has 3 nitrogen and oxygen atoms in total. The van der Waals surface area contributed by atoms with E-state index in [1.807, 2.05) is 57.2 Å². The highest BCUT2D eigenvalue weighted by Crippen LogP contribution is 2.23. The van der Waals surface area contributed by atoms with Crippen molar-refractivity contribution in [3.05, 3.63) is 79.9 Å². The highest BCUT2D eigenvalue weighted by Gasteiger charge is 2.09. The summed E-state index contributed by atoms with van der Waals surface area (Å²) in [6.07, 6.45) is 3.23. The SMILES string of the molecule is Cc1cc(C(=O)/C=C/c2ccc(COc3ccc(Cl)c(C)c3)o2)c(C)s1. The Balaban J connectivity index is 1.61. The number of allylic oxidation sites excluding steroid dienone is 1. The van der Waals surface area contributed by atoms with Crippen LogP contribution in [0.3, 0.4) is 0 Å². The maximum atomic E-state index is 12.3. The number of halogens is 1. The van der Waals surface area contributed by atoms with Crippen molar-refractivity contribution in [2.24, 2.45) is 0 Å². The smallest absolute Gasteiger partial charge is 0.187 e. The van der Waals surface area contributed by atoms with Crippen LogP contribution in [0, 0.1) is 20.8 Å². The van der Waals surface area contributed by atoms with Crippen molar-refractivity contribution in [3.63, 3.8) is 0 Å². The monoisotopic (exact) mass is 386 g/mol. The van der Waals surface area contributed by atoms with Crippen molar-refractivity contribution in [1.29, 1.82) is 0 Å². The maximum Gasteiger partial charge on any atom is 0.187 e. The first-order valence-corrected chi connectivity index (χ1v) is 9.39. The molecule has 134 valence electrons. The average molecular weight is 387 g/mol. The van der Waals surface area contributed by atoms with Gasteiger partial charge in [0.1, 0.15) is 23.9 Å². The molecule has 0 unspecified atom stereocenters. The van der Waals surface area contributed by atoms with E-state index in [0.717, 1.165) is 26.6 Å². The van der Waals surface area contributed by atoms with Gasteiger partial charge in [-0.1, -0.05) is 11.6 Å². The number of carbonyl (C=O) groups is 1. The van der Waals surface area contributed by atoms with Crippen LogP contribution in [0.1, 0.15) is 37.2 Å². The van der Waals surface area contributed by atoms with Gasteiger partial charge in [0.25, 0.3) is 0 Å². The topological polar surface area (TPSA) is 39.4 Å². The third-order valence-corrected chi connectivity index (χ3v) is 5.29. The van der Waals surface area contributed by atoms with Crippen molar-refractivity contribution in [2.45, 2.75) is 27.4 Å². The van der Waals surface area contributed by atoms with Crippen molar-refractivity contribution >= 4 is 34.8 Å². The minimum absolute atomic E-state index is 0.0160. The highest BCUT2D eigenvalue weighted by molar-refractivity contribution is 7.12. The number of furan rings is 1. The lowest BCUT2D eigenvalue weighted by Crippen LogP contribution is -1.94. The number of benzene rings is 1. The fraction of sp³-hybridized carbons (Fsp3) is 0.190. The molecular formula is C21H19ClO3S. The van der Waals surface area contributed by atoms with Gasteiger partial charge < -0.3 is 9.15 Å². The molecule has 2 heterocycles. The summed E-state index contributed by atoms with van der Waals surface area (Å²) in [5.74, 6) is 2.03. The van der Waals surface area contributed by atoms with Gasteiger partial charge in [-0.15, -0.1) is 11.3 Å². The number of rotatable bonds is 6. The van der Waals surface area contributed by atoms with Crippen LogP contribution in [0.5, 0.6) is 5.75 Å². The Morgan fingerprint density at radius 2 is 2.00 bits per heavy atom. The summed E-state index contributed by atoms with van der Waals surface area (Å²) in [6, 6.07) is 11.1. The van der Waals surface area contributed by atoms with Gasteiger partial charge in [0.15, 0.2) is 5.78 Å². The molecule has 0 fully saturated rings. The quantitative estimate of drug-likeness (QED) is 0.363. The third-order valence-electron chi connectivity index (χ3n) is 3.90. The van der Waals surface area contributed by atoms with Crippen LogP contribution in [-0.4, -0.2) is 5.78 Å². The highest BCUT2D eigenvalue weighted by atomic mass is 35.5. The molecule has 2 aromatic heterocycles. The molecular weight excluding hydrogens is 368 g/mol. The van der Waals surface area contributed by atoms with Crippen LogP contribution in [0.2, 0.25) is 5.02 Å². The molecule has 0 aliphatic heterocycles. The van der Waals surface area contributed by atoms with Crippen molar-refractivity contribution in [3.8, 4) is 5.75 Å². The normalized spacial score (nSPS) is 11.2. The summed E-state index contributed by atoms with van der Waals surface area (Å²) < 4.78 is 11.4. The van der Waals surface area contributed by atoms with E-state index in [9.17, 15) is 4.79 Å². The number of hydrogen-bond acceptors (Lipinski definition) is 4. The molecule has 0 saturated carbocycles. The van der Waals surface area contributed by atoms with Gasteiger partial charge in [-0.25, -0.2) is 0 Å².